The molecule has 0 spiro atoms. The van der Waals surface area contributed by atoms with Crippen LogP contribution in [0.15, 0.2) is 30.6 Å². The van der Waals surface area contributed by atoms with Gasteiger partial charge in [0.05, 0.1) is 22.9 Å². The van der Waals surface area contributed by atoms with Gasteiger partial charge in [-0.25, -0.2) is 4.79 Å². The lowest BCUT2D eigenvalue weighted by Crippen LogP contribution is -2.24. The number of nitrogens with one attached hydrogen (secondary N) is 2. The first-order valence-corrected chi connectivity index (χ1v) is 8.36. The van der Waals surface area contributed by atoms with E-state index in [1.807, 2.05) is 6.92 Å². The molecule has 27 heavy (non-hydrogen) atoms. The first kappa shape index (κ1) is 21.1. The summed E-state index contributed by atoms with van der Waals surface area (Å²) in [5.74, 6) is 0. The lowest BCUT2D eigenvalue weighted by molar-refractivity contribution is -0.137. The van der Waals surface area contributed by atoms with Gasteiger partial charge >= 0.3 is 12.2 Å². The van der Waals surface area contributed by atoms with Crippen LogP contribution in [0, 0.1) is 0 Å². The van der Waals surface area contributed by atoms with Gasteiger partial charge in [-0.2, -0.15) is 13.2 Å². The third kappa shape index (κ3) is 5.62. The maximum absolute atomic E-state index is 12.9. The van der Waals surface area contributed by atoms with E-state index in [2.05, 4.69) is 10.6 Å². The van der Waals surface area contributed by atoms with Crippen molar-refractivity contribution in [2.24, 2.45) is 0 Å². The lowest BCUT2D eigenvalue weighted by Gasteiger charge is -2.11. The minimum atomic E-state index is -4.53. The van der Waals surface area contributed by atoms with Crippen molar-refractivity contribution in [1.29, 1.82) is 0 Å². The minimum Gasteiger partial charge on any atom is -0.356 e. The second-order valence-corrected chi connectivity index (χ2v) is 5.84. The van der Waals surface area contributed by atoms with Crippen molar-refractivity contribution in [1.82, 2.24) is 9.88 Å². The fraction of sp³-hybridized carbons (Fsp3) is 0.353. The highest BCUT2D eigenvalue weighted by molar-refractivity contribution is 6.31. The molecule has 2 N–H and O–H groups in total. The number of alkyl halides is 3. The number of amides is 2. The molecule has 0 aliphatic rings. The quantitative estimate of drug-likeness (QED) is 0.529. The van der Waals surface area contributed by atoms with Gasteiger partial charge in [-0.05, 0) is 25.1 Å². The molecule has 0 fully saturated rings. The van der Waals surface area contributed by atoms with Crippen LogP contribution < -0.4 is 10.6 Å². The van der Waals surface area contributed by atoms with Crippen LogP contribution in [0.3, 0.4) is 0 Å². The van der Waals surface area contributed by atoms with Crippen molar-refractivity contribution in [2.45, 2.75) is 19.7 Å². The molecule has 1 aromatic heterocycles. The number of aromatic nitrogens is 1. The Kier molecular flexibility index (Phi) is 7.11. The molecule has 2 rings (SSSR count). The SMILES string of the molecule is CCOCOCc1cn(-c2ccc(C(F)(F)F)c(Cl)c2)cc1NC(=O)NC. The summed E-state index contributed by atoms with van der Waals surface area (Å²) in [7, 11) is 1.47. The van der Waals surface area contributed by atoms with E-state index in [0.717, 1.165) is 6.07 Å². The number of hydrogen-bond donors (Lipinski definition) is 2. The molecule has 0 bridgehead atoms. The number of hydrogen-bond acceptors (Lipinski definition) is 3. The number of carbonyl (C=O) groups excluding carboxylic acids is 1. The van der Waals surface area contributed by atoms with Crippen LogP contribution in [-0.4, -0.2) is 31.0 Å². The molecule has 0 unspecified atom stereocenters. The normalized spacial score (nSPS) is 11.5. The molecule has 148 valence electrons. The molecule has 1 heterocycles. The second-order valence-electron chi connectivity index (χ2n) is 5.43. The smallest absolute Gasteiger partial charge is 0.356 e. The van der Waals surface area contributed by atoms with Gasteiger partial charge in [0.1, 0.15) is 6.79 Å². The Morgan fingerprint density at radius 1 is 1.26 bits per heavy atom. The Hall–Kier alpha value is -2.23. The number of urea groups is 1. The zero-order chi connectivity index (χ0) is 20.0. The first-order chi connectivity index (χ1) is 12.8. The van der Waals surface area contributed by atoms with Gasteiger partial charge in [0.15, 0.2) is 0 Å². The summed E-state index contributed by atoms with van der Waals surface area (Å²) < 4.78 is 50.6. The molecule has 2 aromatic rings. The number of benzene rings is 1. The van der Waals surface area contributed by atoms with Crippen LogP contribution in [0.1, 0.15) is 18.1 Å². The van der Waals surface area contributed by atoms with Gasteiger partial charge < -0.3 is 24.7 Å². The van der Waals surface area contributed by atoms with E-state index >= 15 is 0 Å². The largest absolute Gasteiger partial charge is 0.417 e. The molecule has 1 aromatic carbocycles. The zero-order valence-corrected chi connectivity index (χ0v) is 15.4. The Bertz CT molecular complexity index is 793. The number of rotatable bonds is 7. The van der Waals surface area contributed by atoms with Crippen molar-refractivity contribution < 1.29 is 27.4 Å². The summed E-state index contributed by atoms with van der Waals surface area (Å²) in [5.41, 5.74) is 0.560. The Morgan fingerprint density at radius 2 is 2.00 bits per heavy atom. The second kappa shape index (κ2) is 9.12. The fourth-order valence-corrected chi connectivity index (χ4v) is 2.53. The van der Waals surface area contributed by atoms with Crippen LogP contribution in [-0.2, 0) is 22.3 Å². The summed E-state index contributed by atoms with van der Waals surface area (Å²) in [6.45, 7) is 2.54. The van der Waals surface area contributed by atoms with Gasteiger partial charge in [-0.1, -0.05) is 11.6 Å². The molecule has 0 atom stereocenters. The number of ether oxygens (including phenoxy) is 2. The van der Waals surface area contributed by atoms with Crippen LogP contribution in [0.5, 0.6) is 0 Å². The Morgan fingerprint density at radius 3 is 2.59 bits per heavy atom. The Labute approximate surface area is 159 Å². The minimum absolute atomic E-state index is 0.0766. The molecule has 10 heteroatoms. The van der Waals surface area contributed by atoms with E-state index in [1.54, 1.807) is 17.0 Å². The van der Waals surface area contributed by atoms with E-state index in [-0.39, 0.29) is 13.4 Å². The third-order valence-electron chi connectivity index (χ3n) is 3.57. The summed E-state index contributed by atoms with van der Waals surface area (Å²) in [6, 6.07) is 2.97. The number of halogens is 4. The molecule has 0 aliphatic carbocycles. The topological polar surface area (TPSA) is 64.5 Å². The number of carbonyl (C=O) groups is 1. The van der Waals surface area contributed by atoms with Crippen LogP contribution >= 0.6 is 11.6 Å². The fourth-order valence-electron chi connectivity index (χ4n) is 2.25. The zero-order valence-electron chi connectivity index (χ0n) is 14.7. The van der Waals surface area contributed by atoms with Crippen molar-refractivity contribution in [3.8, 4) is 5.69 Å². The van der Waals surface area contributed by atoms with Gasteiger partial charge in [0.2, 0.25) is 0 Å². The van der Waals surface area contributed by atoms with Crippen LogP contribution in [0.2, 0.25) is 5.02 Å². The number of nitrogens with zero attached hydrogens (tertiary/aromatic N) is 1. The molecule has 0 saturated carbocycles. The van der Waals surface area contributed by atoms with E-state index < -0.39 is 22.8 Å². The van der Waals surface area contributed by atoms with Crippen molar-refractivity contribution in [3.63, 3.8) is 0 Å². The highest BCUT2D eigenvalue weighted by atomic mass is 35.5. The summed E-state index contributed by atoms with van der Waals surface area (Å²) in [5, 5.41) is 4.65. The molecule has 0 aliphatic heterocycles. The van der Waals surface area contributed by atoms with Crippen LogP contribution in [0.25, 0.3) is 5.69 Å². The molecule has 2 amide bonds. The molecule has 0 radical (unpaired) electrons. The average Bonchev–Trinajstić information content (AvgIpc) is 3.00. The highest BCUT2D eigenvalue weighted by Gasteiger charge is 2.33. The predicted molar refractivity (Wildman–Crippen MR) is 95.1 cm³/mol. The van der Waals surface area contributed by atoms with E-state index in [9.17, 15) is 18.0 Å². The van der Waals surface area contributed by atoms with Crippen molar-refractivity contribution in [2.75, 3.05) is 25.8 Å². The van der Waals surface area contributed by atoms with Crippen molar-refractivity contribution >= 4 is 23.3 Å². The Balaban J connectivity index is 2.30. The molecule has 0 saturated heterocycles. The summed E-state index contributed by atoms with van der Waals surface area (Å²) >= 11 is 5.78. The lowest BCUT2D eigenvalue weighted by atomic mass is 10.2. The molecular formula is C17H19ClF3N3O3. The molecular weight excluding hydrogens is 387 g/mol. The summed E-state index contributed by atoms with van der Waals surface area (Å²) in [6.07, 6.45) is -1.33. The van der Waals surface area contributed by atoms with Gasteiger partial charge in [-0.15, -0.1) is 0 Å². The van der Waals surface area contributed by atoms with E-state index in [4.69, 9.17) is 21.1 Å². The monoisotopic (exact) mass is 405 g/mol. The van der Waals surface area contributed by atoms with Crippen LogP contribution in [0.4, 0.5) is 23.7 Å². The van der Waals surface area contributed by atoms with E-state index in [1.165, 1.54) is 19.2 Å². The standard InChI is InChI=1S/C17H19ClF3N3O3/c1-3-26-10-27-9-11-7-24(8-15(11)23-16(25)22-2)12-4-5-13(14(18)6-12)17(19,20)21/h4-8H,3,9-10H2,1-2H3,(H2,22,23,25). The molecule has 6 nitrogen and oxygen atoms in total. The van der Waals surface area contributed by atoms with Gasteiger partial charge in [0.25, 0.3) is 0 Å². The average molecular weight is 406 g/mol. The maximum Gasteiger partial charge on any atom is 0.417 e. The van der Waals surface area contributed by atoms with E-state index in [0.29, 0.717) is 23.5 Å². The first-order valence-electron chi connectivity index (χ1n) is 7.98. The van der Waals surface area contributed by atoms with Gasteiger partial charge in [0, 0.05) is 37.3 Å². The predicted octanol–water partition coefficient (Wildman–Crippen LogP) is 4.41. The van der Waals surface area contributed by atoms with Crippen molar-refractivity contribution in [3.05, 3.63) is 46.7 Å². The summed E-state index contributed by atoms with van der Waals surface area (Å²) in [4.78, 5) is 11.6. The maximum atomic E-state index is 12.9. The highest BCUT2D eigenvalue weighted by Crippen LogP contribution is 2.36. The van der Waals surface area contributed by atoms with Gasteiger partial charge in [-0.3, -0.25) is 0 Å². The number of anilines is 1. The third-order valence-corrected chi connectivity index (χ3v) is 3.88.